The first kappa shape index (κ1) is 26.1. The van der Waals surface area contributed by atoms with E-state index in [-0.39, 0.29) is 45.8 Å². The molecule has 1 aliphatic rings. The Hall–Kier alpha value is -4.47. The van der Waals surface area contributed by atoms with Crippen LogP contribution in [-0.2, 0) is 11.8 Å². The maximum atomic E-state index is 15.2. The number of carbonyl (C=O) groups is 1. The van der Waals surface area contributed by atoms with Gasteiger partial charge in [0.15, 0.2) is 0 Å². The van der Waals surface area contributed by atoms with E-state index in [1.54, 1.807) is 43.3 Å². The van der Waals surface area contributed by atoms with Gasteiger partial charge in [0.1, 0.15) is 17.0 Å². The Morgan fingerprint density at radius 3 is 2.38 bits per heavy atom. The summed E-state index contributed by atoms with van der Waals surface area (Å²) < 4.78 is 19.0. The number of aromatic nitrogens is 3. The standard InChI is InChI=1S/C29H30FN5O4/c1-15(2)18-9-12-23(22(30)13-18)32-26-24-25(16(3)27(37)33(26)5)34(29(39)35(28(24)38)20-10-11-20)21-8-6-7-19(14-21)31-17(4)36/h6-9,12-15,20,32H,10-11H2,1-5H3,(H,31,36). The topological polar surface area (TPSA) is 107 Å². The predicted octanol–water partition coefficient (Wildman–Crippen LogP) is 4.46. The number of hydrogen-bond acceptors (Lipinski definition) is 5. The molecule has 1 amide bonds. The summed E-state index contributed by atoms with van der Waals surface area (Å²) in [5.74, 6) is -0.606. The van der Waals surface area contributed by atoms with Crippen LogP contribution in [0.25, 0.3) is 16.6 Å². The predicted molar refractivity (Wildman–Crippen MR) is 150 cm³/mol. The molecule has 5 rings (SSSR count). The van der Waals surface area contributed by atoms with Crippen molar-refractivity contribution in [3.8, 4) is 5.69 Å². The van der Waals surface area contributed by atoms with Gasteiger partial charge in [0, 0.05) is 31.3 Å². The molecular formula is C29H30FN5O4. The highest BCUT2D eigenvalue weighted by Gasteiger charge is 2.31. The molecule has 4 aromatic rings. The second-order valence-electron chi connectivity index (χ2n) is 10.3. The molecule has 2 heterocycles. The van der Waals surface area contributed by atoms with Crippen molar-refractivity contribution in [3.05, 3.63) is 90.6 Å². The minimum atomic E-state index is -0.579. The fraction of sp³-hybridized carbons (Fsp3) is 0.310. The Labute approximate surface area is 223 Å². The first-order valence-electron chi connectivity index (χ1n) is 12.8. The van der Waals surface area contributed by atoms with Gasteiger partial charge in [-0.3, -0.25) is 28.1 Å². The largest absolute Gasteiger partial charge is 0.338 e. The zero-order valence-electron chi connectivity index (χ0n) is 22.5. The number of carbonyl (C=O) groups excluding carboxylic acids is 1. The molecule has 0 unspecified atom stereocenters. The summed E-state index contributed by atoms with van der Waals surface area (Å²) in [6, 6.07) is 11.1. The van der Waals surface area contributed by atoms with Crippen molar-refractivity contribution in [1.29, 1.82) is 0 Å². The molecule has 0 atom stereocenters. The zero-order valence-corrected chi connectivity index (χ0v) is 22.5. The smallest absolute Gasteiger partial charge is 0.336 e. The van der Waals surface area contributed by atoms with Crippen molar-refractivity contribution in [3.63, 3.8) is 0 Å². The molecule has 0 spiro atoms. The van der Waals surface area contributed by atoms with Crippen molar-refractivity contribution in [2.45, 2.75) is 52.5 Å². The van der Waals surface area contributed by atoms with E-state index < -0.39 is 22.6 Å². The van der Waals surface area contributed by atoms with Crippen molar-refractivity contribution < 1.29 is 9.18 Å². The number of benzene rings is 2. The van der Waals surface area contributed by atoms with E-state index in [4.69, 9.17) is 0 Å². The number of amides is 1. The van der Waals surface area contributed by atoms with Crippen LogP contribution in [-0.4, -0.2) is 19.6 Å². The van der Waals surface area contributed by atoms with Gasteiger partial charge in [-0.15, -0.1) is 0 Å². The summed E-state index contributed by atoms with van der Waals surface area (Å²) in [4.78, 5) is 52.9. The Bertz CT molecular complexity index is 1830. The van der Waals surface area contributed by atoms with Gasteiger partial charge in [0.25, 0.3) is 11.1 Å². The SMILES string of the molecule is CC(=O)Nc1cccc(-n2c(=O)n(C3CC3)c(=O)c3c(Nc4ccc(C(C)C)cc4F)n(C)c(=O)c(C)c32)c1. The van der Waals surface area contributed by atoms with Crippen LogP contribution < -0.4 is 27.4 Å². The van der Waals surface area contributed by atoms with Crippen LogP contribution in [0.1, 0.15) is 56.7 Å². The van der Waals surface area contributed by atoms with Crippen LogP contribution in [0.5, 0.6) is 0 Å². The minimum Gasteiger partial charge on any atom is -0.338 e. The number of fused-ring (bicyclic) bond motifs is 1. The summed E-state index contributed by atoms with van der Waals surface area (Å²) in [7, 11) is 1.51. The summed E-state index contributed by atoms with van der Waals surface area (Å²) in [6.07, 6.45) is 1.34. The van der Waals surface area contributed by atoms with Crippen LogP contribution in [0.2, 0.25) is 0 Å². The van der Waals surface area contributed by atoms with Crippen LogP contribution in [0.15, 0.2) is 56.8 Å². The van der Waals surface area contributed by atoms with Gasteiger partial charge in [-0.1, -0.05) is 26.0 Å². The summed E-state index contributed by atoms with van der Waals surface area (Å²) in [6.45, 7) is 6.85. The molecule has 2 aromatic carbocycles. The highest BCUT2D eigenvalue weighted by molar-refractivity contribution is 5.94. The highest BCUT2D eigenvalue weighted by atomic mass is 19.1. The second-order valence-corrected chi connectivity index (χ2v) is 10.3. The van der Waals surface area contributed by atoms with Crippen LogP contribution in [0.3, 0.4) is 0 Å². The molecule has 9 nitrogen and oxygen atoms in total. The highest BCUT2D eigenvalue weighted by Crippen LogP contribution is 2.34. The fourth-order valence-corrected chi connectivity index (χ4v) is 4.90. The molecule has 1 saturated carbocycles. The third kappa shape index (κ3) is 4.56. The average molecular weight is 532 g/mol. The molecular weight excluding hydrogens is 501 g/mol. The maximum Gasteiger partial charge on any atom is 0.336 e. The van der Waals surface area contributed by atoms with Gasteiger partial charge >= 0.3 is 5.69 Å². The van der Waals surface area contributed by atoms with Crippen molar-refractivity contribution in [1.82, 2.24) is 13.7 Å². The van der Waals surface area contributed by atoms with E-state index in [1.807, 2.05) is 13.8 Å². The molecule has 1 aliphatic carbocycles. The lowest BCUT2D eigenvalue weighted by Crippen LogP contribution is -2.41. The Morgan fingerprint density at radius 1 is 1.05 bits per heavy atom. The van der Waals surface area contributed by atoms with Crippen molar-refractivity contribution in [2.75, 3.05) is 10.6 Å². The molecule has 10 heteroatoms. The Morgan fingerprint density at radius 2 is 1.77 bits per heavy atom. The van der Waals surface area contributed by atoms with Gasteiger partial charge in [0.05, 0.1) is 16.9 Å². The number of halogens is 1. The molecule has 0 radical (unpaired) electrons. The monoisotopic (exact) mass is 531 g/mol. The molecule has 202 valence electrons. The summed E-state index contributed by atoms with van der Waals surface area (Å²) >= 11 is 0. The fourth-order valence-electron chi connectivity index (χ4n) is 4.90. The van der Waals surface area contributed by atoms with E-state index >= 15 is 4.39 Å². The van der Waals surface area contributed by atoms with Gasteiger partial charge < -0.3 is 10.6 Å². The Balaban J connectivity index is 1.86. The zero-order chi connectivity index (χ0) is 28.2. The third-order valence-electron chi connectivity index (χ3n) is 7.09. The first-order chi connectivity index (χ1) is 18.5. The van der Waals surface area contributed by atoms with Gasteiger partial charge in [-0.05, 0) is 61.6 Å². The van der Waals surface area contributed by atoms with Crippen LogP contribution in [0.4, 0.5) is 21.6 Å². The van der Waals surface area contributed by atoms with Crippen molar-refractivity contribution in [2.24, 2.45) is 7.05 Å². The van der Waals surface area contributed by atoms with E-state index in [9.17, 15) is 19.2 Å². The van der Waals surface area contributed by atoms with E-state index in [0.29, 0.717) is 24.2 Å². The minimum absolute atomic E-state index is 0.0861. The Kier molecular flexibility index (Phi) is 6.49. The summed E-state index contributed by atoms with van der Waals surface area (Å²) in [5, 5.41) is 5.78. The van der Waals surface area contributed by atoms with E-state index in [2.05, 4.69) is 10.6 Å². The first-order valence-corrected chi connectivity index (χ1v) is 12.8. The lowest BCUT2D eigenvalue weighted by atomic mass is 10.0. The molecule has 2 N–H and O–H groups in total. The van der Waals surface area contributed by atoms with E-state index in [0.717, 1.165) is 5.56 Å². The lowest BCUT2D eigenvalue weighted by Gasteiger charge is -2.21. The third-order valence-corrected chi connectivity index (χ3v) is 7.09. The summed E-state index contributed by atoms with van der Waals surface area (Å²) in [5.41, 5.74) is 0.488. The van der Waals surface area contributed by atoms with Crippen molar-refractivity contribution >= 4 is 34.0 Å². The van der Waals surface area contributed by atoms with Gasteiger partial charge in [0.2, 0.25) is 5.91 Å². The number of anilines is 3. The van der Waals surface area contributed by atoms with Gasteiger partial charge in [-0.25, -0.2) is 9.18 Å². The number of hydrogen-bond donors (Lipinski definition) is 2. The lowest BCUT2D eigenvalue weighted by molar-refractivity contribution is -0.114. The molecule has 1 fully saturated rings. The average Bonchev–Trinajstić information content (AvgIpc) is 3.71. The second kappa shape index (κ2) is 9.68. The van der Waals surface area contributed by atoms with Crippen LogP contribution in [0, 0.1) is 12.7 Å². The number of aryl methyl sites for hydroxylation is 1. The number of nitrogens with zero attached hydrogens (tertiary/aromatic N) is 3. The van der Waals surface area contributed by atoms with Crippen LogP contribution >= 0.6 is 0 Å². The quantitative estimate of drug-likeness (QED) is 0.382. The van der Waals surface area contributed by atoms with E-state index in [1.165, 1.54) is 33.7 Å². The molecule has 0 bridgehead atoms. The molecule has 2 aromatic heterocycles. The van der Waals surface area contributed by atoms with Gasteiger partial charge in [-0.2, -0.15) is 0 Å². The number of nitrogens with one attached hydrogen (secondary N) is 2. The molecule has 39 heavy (non-hydrogen) atoms. The number of rotatable bonds is 6. The normalized spacial score (nSPS) is 13.2. The maximum absolute atomic E-state index is 15.2. The molecule has 0 aliphatic heterocycles. The number of pyridine rings is 1. The molecule has 0 saturated heterocycles.